The van der Waals surface area contributed by atoms with Crippen LogP contribution in [0.5, 0.6) is 0 Å². The Labute approximate surface area is 129 Å². The molecule has 0 spiro atoms. The van der Waals surface area contributed by atoms with Gasteiger partial charge in [-0.1, -0.05) is 30.2 Å². The highest BCUT2D eigenvalue weighted by molar-refractivity contribution is 7.99. The monoisotopic (exact) mass is 313 g/mol. The Morgan fingerprint density at radius 2 is 2.30 bits per heavy atom. The quantitative estimate of drug-likeness (QED) is 0.787. The fourth-order valence-electron chi connectivity index (χ4n) is 3.06. The lowest BCUT2D eigenvalue weighted by atomic mass is 9.85. The Balaban J connectivity index is 1.94. The molecule has 2 atom stereocenters. The third-order valence-electron chi connectivity index (χ3n) is 4.21. The van der Waals surface area contributed by atoms with Gasteiger partial charge >= 0.3 is 5.97 Å². The molecular formula is C15H20ClNO2S. The molecule has 1 aromatic carbocycles. The molecule has 3 nitrogen and oxygen atoms in total. The number of carbonyl (C=O) groups is 1. The Morgan fingerprint density at radius 3 is 2.95 bits per heavy atom. The van der Waals surface area contributed by atoms with Gasteiger partial charge in [0.1, 0.15) is 5.54 Å². The maximum atomic E-state index is 11.6. The van der Waals surface area contributed by atoms with Crippen molar-refractivity contribution in [2.24, 2.45) is 5.92 Å². The molecule has 1 aromatic rings. The Bertz CT molecular complexity index is 483. The number of carboxylic acids is 1. The van der Waals surface area contributed by atoms with Gasteiger partial charge in [0.15, 0.2) is 0 Å². The van der Waals surface area contributed by atoms with E-state index in [1.165, 1.54) is 0 Å². The molecule has 2 N–H and O–H groups in total. The number of hydrogen-bond acceptors (Lipinski definition) is 3. The molecule has 0 aliphatic heterocycles. The molecule has 110 valence electrons. The third-order valence-corrected chi connectivity index (χ3v) is 5.76. The van der Waals surface area contributed by atoms with Crippen molar-refractivity contribution in [3.8, 4) is 0 Å². The highest BCUT2D eigenvalue weighted by Gasteiger charge is 2.47. The molecule has 1 fully saturated rings. The van der Waals surface area contributed by atoms with Crippen LogP contribution in [0.3, 0.4) is 0 Å². The summed E-state index contributed by atoms with van der Waals surface area (Å²) in [7, 11) is 1.76. The summed E-state index contributed by atoms with van der Waals surface area (Å²) in [5, 5.41) is 13.3. The van der Waals surface area contributed by atoms with Crippen LogP contribution in [0, 0.1) is 5.92 Å². The Morgan fingerprint density at radius 1 is 1.55 bits per heavy atom. The number of aliphatic carboxylic acids is 1. The number of rotatable bonds is 6. The molecule has 1 aliphatic rings. The zero-order valence-electron chi connectivity index (χ0n) is 11.6. The van der Waals surface area contributed by atoms with Crippen LogP contribution in [0.25, 0.3) is 0 Å². The van der Waals surface area contributed by atoms with Crippen molar-refractivity contribution in [1.82, 2.24) is 5.32 Å². The molecule has 1 saturated carbocycles. The van der Waals surface area contributed by atoms with Crippen molar-refractivity contribution in [3.63, 3.8) is 0 Å². The standard InChI is InChI=1S/C15H20ClNO2S/c1-17-15(14(18)19)9-4-5-11(15)8-10-20-13-7-3-2-6-12(13)16/h2-3,6-7,11,17H,4-5,8-10H2,1H3,(H,18,19). The van der Waals surface area contributed by atoms with E-state index in [0.29, 0.717) is 0 Å². The van der Waals surface area contributed by atoms with Gasteiger partial charge < -0.3 is 10.4 Å². The van der Waals surface area contributed by atoms with Gasteiger partial charge in [0.2, 0.25) is 0 Å². The second-order valence-corrected chi connectivity index (χ2v) is 6.73. The first-order valence-electron chi connectivity index (χ1n) is 6.90. The van der Waals surface area contributed by atoms with Gasteiger partial charge in [-0.2, -0.15) is 0 Å². The van der Waals surface area contributed by atoms with Crippen molar-refractivity contribution in [2.45, 2.75) is 36.1 Å². The van der Waals surface area contributed by atoms with Gasteiger partial charge in [-0.3, -0.25) is 4.79 Å². The van der Waals surface area contributed by atoms with Crippen molar-refractivity contribution in [2.75, 3.05) is 12.8 Å². The first kappa shape index (κ1) is 15.7. The zero-order valence-corrected chi connectivity index (χ0v) is 13.1. The largest absolute Gasteiger partial charge is 0.480 e. The third kappa shape index (κ3) is 3.13. The second-order valence-electron chi connectivity index (χ2n) is 5.18. The number of nitrogens with one attached hydrogen (secondary N) is 1. The smallest absolute Gasteiger partial charge is 0.324 e. The average Bonchev–Trinajstić information content (AvgIpc) is 2.85. The molecule has 0 aromatic heterocycles. The lowest BCUT2D eigenvalue weighted by molar-refractivity contribution is -0.146. The molecule has 5 heteroatoms. The summed E-state index contributed by atoms with van der Waals surface area (Å²) in [5.41, 5.74) is -0.735. The summed E-state index contributed by atoms with van der Waals surface area (Å²) >= 11 is 7.83. The van der Waals surface area contributed by atoms with Crippen LogP contribution < -0.4 is 5.32 Å². The summed E-state index contributed by atoms with van der Waals surface area (Å²) in [6, 6.07) is 7.78. The van der Waals surface area contributed by atoms with Crippen LogP contribution in [0.1, 0.15) is 25.7 Å². The van der Waals surface area contributed by atoms with Crippen molar-refractivity contribution in [3.05, 3.63) is 29.3 Å². The number of benzene rings is 1. The van der Waals surface area contributed by atoms with Crippen molar-refractivity contribution < 1.29 is 9.90 Å². The van der Waals surface area contributed by atoms with E-state index in [1.807, 2.05) is 24.3 Å². The second kappa shape index (κ2) is 6.83. The van der Waals surface area contributed by atoms with Gasteiger partial charge in [-0.25, -0.2) is 0 Å². The van der Waals surface area contributed by atoms with Crippen molar-refractivity contribution in [1.29, 1.82) is 0 Å². The normalized spacial score (nSPS) is 25.8. The molecule has 0 radical (unpaired) electrons. The molecule has 0 amide bonds. The topological polar surface area (TPSA) is 49.3 Å². The average molecular weight is 314 g/mol. The maximum Gasteiger partial charge on any atom is 0.324 e. The molecule has 2 unspecified atom stereocenters. The van der Waals surface area contributed by atoms with Gasteiger partial charge in [-0.15, -0.1) is 11.8 Å². The van der Waals surface area contributed by atoms with Crippen LogP contribution in [0.15, 0.2) is 29.2 Å². The van der Waals surface area contributed by atoms with Crippen LogP contribution in [-0.2, 0) is 4.79 Å². The number of hydrogen-bond donors (Lipinski definition) is 2. The maximum absolute atomic E-state index is 11.6. The first-order chi connectivity index (χ1) is 9.60. The predicted molar refractivity (Wildman–Crippen MR) is 83.6 cm³/mol. The zero-order chi connectivity index (χ0) is 14.6. The summed E-state index contributed by atoms with van der Waals surface area (Å²) in [5.74, 6) is 0.371. The summed E-state index contributed by atoms with van der Waals surface area (Å²) in [6.07, 6.45) is 3.58. The van der Waals surface area contributed by atoms with E-state index in [9.17, 15) is 9.90 Å². The van der Waals surface area contributed by atoms with E-state index in [1.54, 1.807) is 18.8 Å². The highest BCUT2D eigenvalue weighted by Crippen LogP contribution is 2.39. The minimum Gasteiger partial charge on any atom is -0.480 e. The van der Waals surface area contributed by atoms with Crippen LogP contribution in [-0.4, -0.2) is 29.4 Å². The van der Waals surface area contributed by atoms with Crippen LogP contribution >= 0.6 is 23.4 Å². The number of likely N-dealkylation sites (N-methyl/N-ethyl adjacent to an activating group) is 1. The van der Waals surface area contributed by atoms with E-state index < -0.39 is 11.5 Å². The summed E-state index contributed by atoms with van der Waals surface area (Å²) in [4.78, 5) is 12.6. The van der Waals surface area contributed by atoms with E-state index in [0.717, 1.165) is 41.4 Å². The number of thioether (sulfide) groups is 1. The number of carboxylic acid groups (broad SMARTS) is 1. The Kier molecular flexibility index (Phi) is 5.35. The fraction of sp³-hybridized carbons (Fsp3) is 0.533. The minimum absolute atomic E-state index is 0.194. The molecule has 1 aliphatic carbocycles. The van der Waals surface area contributed by atoms with Crippen molar-refractivity contribution >= 4 is 29.3 Å². The van der Waals surface area contributed by atoms with Gasteiger partial charge in [0.25, 0.3) is 0 Å². The van der Waals surface area contributed by atoms with E-state index in [2.05, 4.69) is 5.32 Å². The molecular weight excluding hydrogens is 294 g/mol. The SMILES string of the molecule is CNC1(C(=O)O)CCCC1CCSc1ccccc1Cl. The van der Waals surface area contributed by atoms with Gasteiger partial charge in [0.05, 0.1) is 5.02 Å². The fourth-order valence-corrected chi connectivity index (χ4v) is 4.36. The molecule has 2 rings (SSSR count). The predicted octanol–water partition coefficient (Wildman–Crippen LogP) is 3.67. The summed E-state index contributed by atoms with van der Waals surface area (Å²) < 4.78 is 0. The highest BCUT2D eigenvalue weighted by atomic mass is 35.5. The molecule has 20 heavy (non-hydrogen) atoms. The van der Waals surface area contributed by atoms with E-state index in [4.69, 9.17) is 11.6 Å². The first-order valence-corrected chi connectivity index (χ1v) is 8.26. The lowest BCUT2D eigenvalue weighted by Crippen LogP contribution is -2.53. The summed E-state index contributed by atoms with van der Waals surface area (Å²) in [6.45, 7) is 0. The van der Waals surface area contributed by atoms with E-state index in [-0.39, 0.29) is 5.92 Å². The number of halogens is 1. The van der Waals surface area contributed by atoms with Crippen LogP contribution in [0.2, 0.25) is 5.02 Å². The molecule has 0 saturated heterocycles. The Hall–Kier alpha value is -0.710. The van der Waals surface area contributed by atoms with E-state index >= 15 is 0 Å². The minimum atomic E-state index is -0.735. The molecule has 0 bridgehead atoms. The molecule has 0 heterocycles. The van der Waals surface area contributed by atoms with Gasteiger partial charge in [-0.05, 0) is 50.1 Å². The van der Waals surface area contributed by atoms with Crippen LogP contribution in [0.4, 0.5) is 0 Å². The lowest BCUT2D eigenvalue weighted by Gasteiger charge is -2.31. The van der Waals surface area contributed by atoms with Gasteiger partial charge in [0, 0.05) is 4.90 Å².